The number of quaternary nitrogens is 1. The Balaban J connectivity index is 2.08. The lowest BCUT2D eigenvalue weighted by Gasteiger charge is -2.38. The van der Waals surface area contributed by atoms with Crippen LogP contribution in [0.4, 0.5) is 0 Å². The fourth-order valence-corrected chi connectivity index (χ4v) is 8.39. The van der Waals surface area contributed by atoms with E-state index in [1.165, 1.54) is 167 Å². The van der Waals surface area contributed by atoms with E-state index in [9.17, 15) is 14.4 Å². The molecule has 0 spiro atoms. The van der Waals surface area contributed by atoms with E-state index in [1.807, 2.05) is 4.90 Å². The summed E-state index contributed by atoms with van der Waals surface area (Å²) < 4.78 is 0.773. The Kier molecular flexibility index (Phi) is 35.4. The molecule has 1 fully saturated rings. The van der Waals surface area contributed by atoms with Crippen molar-refractivity contribution in [1.29, 1.82) is 0 Å². The summed E-state index contributed by atoms with van der Waals surface area (Å²) in [4.78, 5) is 39.5. The van der Waals surface area contributed by atoms with Gasteiger partial charge in [-0.05, 0) is 19.3 Å². The zero-order chi connectivity index (χ0) is 39.9. The fraction of sp³-hybridized carbons (Fsp3) is 0.938. The van der Waals surface area contributed by atoms with Gasteiger partial charge in [-0.1, -0.05) is 194 Å². The molecule has 0 aromatic rings. The molecular weight excluding hydrogens is 681 g/mol. The second-order valence-electron chi connectivity index (χ2n) is 17.8. The molecule has 55 heavy (non-hydrogen) atoms. The van der Waals surface area contributed by atoms with Gasteiger partial charge < -0.3 is 15.1 Å². The Morgan fingerprint density at radius 1 is 0.491 bits per heavy atom. The number of nitrogens with one attached hydrogen (secondary N) is 2. The van der Waals surface area contributed by atoms with Gasteiger partial charge in [-0.3, -0.25) is 19.3 Å². The quantitative estimate of drug-likeness (QED) is 0.0479. The summed E-state index contributed by atoms with van der Waals surface area (Å²) in [6, 6.07) is 0. The Labute approximate surface area is 342 Å². The molecule has 0 radical (unpaired) electrons. The van der Waals surface area contributed by atoms with E-state index in [2.05, 4.69) is 31.5 Å². The van der Waals surface area contributed by atoms with Crippen molar-refractivity contribution in [2.24, 2.45) is 0 Å². The first-order valence-corrected chi connectivity index (χ1v) is 24.5. The van der Waals surface area contributed by atoms with Crippen LogP contribution in [0, 0.1) is 0 Å². The Morgan fingerprint density at radius 2 is 0.800 bits per heavy atom. The molecule has 1 heterocycles. The highest BCUT2D eigenvalue weighted by atomic mass is 16.2. The molecule has 0 unspecified atom stereocenters. The Hall–Kier alpha value is -1.63. The third-order valence-corrected chi connectivity index (χ3v) is 12.1. The van der Waals surface area contributed by atoms with Gasteiger partial charge in [-0.15, -0.1) is 0 Å². The fourth-order valence-electron chi connectivity index (χ4n) is 8.39. The van der Waals surface area contributed by atoms with Gasteiger partial charge in [-0.2, -0.15) is 0 Å². The van der Waals surface area contributed by atoms with Gasteiger partial charge in [0.1, 0.15) is 0 Å². The predicted octanol–water partition coefficient (Wildman–Crippen LogP) is 12.5. The van der Waals surface area contributed by atoms with Crippen molar-refractivity contribution >= 4 is 17.7 Å². The molecule has 0 aliphatic carbocycles. The third-order valence-electron chi connectivity index (χ3n) is 12.1. The number of rotatable bonds is 42. The summed E-state index contributed by atoms with van der Waals surface area (Å²) in [6.07, 6.45) is 44.7. The number of amides is 3. The van der Waals surface area contributed by atoms with Crippen LogP contribution < -0.4 is 10.6 Å². The Morgan fingerprint density at radius 3 is 1.09 bits per heavy atom. The minimum Gasteiger partial charge on any atom is -0.356 e. The zero-order valence-corrected chi connectivity index (χ0v) is 37.3. The van der Waals surface area contributed by atoms with Crippen molar-refractivity contribution < 1.29 is 18.9 Å². The van der Waals surface area contributed by atoms with Crippen LogP contribution in [0.25, 0.3) is 0 Å². The molecule has 324 valence electrons. The lowest BCUT2D eigenvalue weighted by Crippen LogP contribution is -2.53. The van der Waals surface area contributed by atoms with Gasteiger partial charge in [0, 0.05) is 51.7 Å². The van der Waals surface area contributed by atoms with E-state index >= 15 is 0 Å². The van der Waals surface area contributed by atoms with Crippen molar-refractivity contribution in [3.05, 3.63) is 0 Å². The van der Waals surface area contributed by atoms with Gasteiger partial charge in [0.25, 0.3) is 0 Å². The molecule has 0 saturated carbocycles. The maximum absolute atomic E-state index is 12.5. The first-order chi connectivity index (χ1) is 26.9. The smallest absolute Gasteiger partial charge is 0.226 e. The van der Waals surface area contributed by atoms with Gasteiger partial charge in [0.05, 0.1) is 20.1 Å². The molecule has 3 amide bonds. The van der Waals surface area contributed by atoms with Crippen molar-refractivity contribution in [2.45, 2.75) is 245 Å². The van der Waals surface area contributed by atoms with Gasteiger partial charge in [0.2, 0.25) is 17.7 Å². The predicted molar refractivity (Wildman–Crippen MR) is 236 cm³/mol. The van der Waals surface area contributed by atoms with Gasteiger partial charge in [0.15, 0.2) is 6.67 Å². The summed E-state index contributed by atoms with van der Waals surface area (Å²) in [5.74, 6) is 0.615. The molecule has 7 nitrogen and oxygen atoms in total. The molecule has 2 N–H and O–H groups in total. The van der Waals surface area contributed by atoms with Crippen LogP contribution in [0.3, 0.4) is 0 Å². The summed E-state index contributed by atoms with van der Waals surface area (Å²) in [5.41, 5.74) is 0. The molecule has 0 bridgehead atoms. The lowest BCUT2D eigenvalue weighted by molar-refractivity contribution is -0.917. The number of hydrogen-bond acceptors (Lipinski definition) is 3. The van der Waals surface area contributed by atoms with Crippen LogP contribution in [0.5, 0.6) is 0 Å². The summed E-state index contributed by atoms with van der Waals surface area (Å²) in [6.45, 7) is 9.34. The molecule has 0 aromatic carbocycles. The Bertz CT molecular complexity index is 842. The molecule has 1 rings (SSSR count). The highest BCUT2D eigenvalue weighted by Crippen LogP contribution is 2.17. The highest BCUT2D eigenvalue weighted by Gasteiger charge is 2.30. The van der Waals surface area contributed by atoms with Crippen molar-refractivity contribution in [2.75, 3.05) is 46.4 Å². The third kappa shape index (κ3) is 33.1. The van der Waals surface area contributed by atoms with Crippen LogP contribution in [0.15, 0.2) is 0 Å². The number of likely N-dealkylation sites (tertiary alicyclic amines) is 1. The van der Waals surface area contributed by atoms with E-state index in [0.29, 0.717) is 32.4 Å². The lowest BCUT2D eigenvalue weighted by atomic mass is 10.0. The maximum Gasteiger partial charge on any atom is 0.226 e. The minimum absolute atomic E-state index is 0.176. The number of carbonyl (C=O) groups is 3. The van der Waals surface area contributed by atoms with Crippen LogP contribution in [-0.4, -0.2) is 73.5 Å². The van der Waals surface area contributed by atoms with Crippen LogP contribution in [-0.2, 0) is 14.4 Å². The van der Waals surface area contributed by atoms with E-state index < -0.39 is 0 Å². The monoisotopic (exact) mass is 776 g/mol. The topological polar surface area (TPSA) is 78.5 Å². The second kappa shape index (κ2) is 37.9. The molecule has 0 atom stereocenters. The second-order valence-corrected chi connectivity index (χ2v) is 17.8. The maximum atomic E-state index is 12.5. The van der Waals surface area contributed by atoms with Crippen LogP contribution in [0.2, 0.25) is 0 Å². The van der Waals surface area contributed by atoms with Crippen molar-refractivity contribution in [3.63, 3.8) is 0 Å². The molecule has 7 heteroatoms. The zero-order valence-electron chi connectivity index (χ0n) is 37.3. The van der Waals surface area contributed by atoms with Crippen LogP contribution >= 0.6 is 0 Å². The van der Waals surface area contributed by atoms with Crippen LogP contribution in [0.1, 0.15) is 245 Å². The standard InChI is InChI=1S/C48H94N4O3/c1-4-6-8-10-12-14-16-18-20-22-24-26-28-30-32-37-46(53)49-40-35-43-52(3,45-51-42-34-39-48(51)55)44-36-41-50-47(54)38-33-31-29-27-25-23-21-19-17-15-13-11-9-7-5-2/h4-45H2,1-3H3,(H-,49,50,53,54)/p+1. The van der Waals surface area contributed by atoms with Gasteiger partial charge in [-0.25, -0.2) is 0 Å². The normalized spacial score (nSPS) is 13.2. The average molecular weight is 776 g/mol. The minimum atomic E-state index is 0.176. The number of carbonyl (C=O) groups excluding carboxylic acids is 3. The van der Waals surface area contributed by atoms with Crippen molar-refractivity contribution in [1.82, 2.24) is 15.5 Å². The number of hydrogen-bond donors (Lipinski definition) is 2. The molecule has 1 saturated heterocycles. The summed E-state index contributed by atoms with van der Waals surface area (Å²) >= 11 is 0. The van der Waals surface area contributed by atoms with E-state index in [-0.39, 0.29) is 17.7 Å². The van der Waals surface area contributed by atoms with Crippen molar-refractivity contribution in [3.8, 4) is 0 Å². The summed E-state index contributed by atoms with van der Waals surface area (Å²) in [7, 11) is 2.24. The molecule has 1 aliphatic rings. The number of unbranched alkanes of at least 4 members (excludes halogenated alkanes) is 28. The molecular formula is C48H95N4O3+. The van der Waals surface area contributed by atoms with E-state index in [4.69, 9.17) is 0 Å². The first kappa shape index (κ1) is 51.4. The first-order valence-electron chi connectivity index (χ1n) is 24.5. The average Bonchev–Trinajstić information content (AvgIpc) is 3.58. The van der Waals surface area contributed by atoms with E-state index in [1.54, 1.807) is 0 Å². The molecule has 0 aromatic heterocycles. The number of nitrogens with zero attached hydrogens (tertiary/aromatic N) is 2. The van der Waals surface area contributed by atoms with E-state index in [0.717, 1.165) is 75.7 Å². The van der Waals surface area contributed by atoms with Gasteiger partial charge >= 0.3 is 0 Å². The summed E-state index contributed by atoms with van der Waals surface area (Å²) in [5, 5.41) is 6.31. The largest absolute Gasteiger partial charge is 0.356 e. The highest BCUT2D eigenvalue weighted by molar-refractivity contribution is 5.78. The SMILES string of the molecule is CCCCCCCCCCCCCCCCCC(=O)NCCC[N+](C)(CCCNC(=O)CCCCCCCCCCCCCCCCC)CN1CCCC1=O. The molecule has 1 aliphatic heterocycles.